The molecule has 1 heterocycles. The average Bonchev–Trinajstić information content (AvgIpc) is 2.31. The second-order valence-corrected chi connectivity index (χ2v) is 7.10. The Morgan fingerprint density at radius 3 is 2.50 bits per heavy atom. The lowest BCUT2D eigenvalue weighted by atomic mass is 10.2. The molecular formula is C13H14BrN3O2S. The molecule has 2 aromatic rings. The van der Waals surface area contributed by atoms with E-state index in [-0.39, 0.29) is 4.90 Å². The molecule has 0 bridgehead atoms. The van der Waals surface area contributed by atoms with Crippen molar-refractivity contribution in [1.29, 1.82) is 0 Å². The lowest BCUT2D eigenvalue weighted by molar-refractivity contribution is 0.601. The number of sulfonamides is 1. The summed E-state index contributed by atoms with van der Waals surface area (Å²) >= 11 is 3.28. The van der Waals surface area contributed by atoms with Crippen molar-refractivity contribution in [1.82, 2.24) is 4.98 Å². The summed E-state index contributed by atoms with van der Waals surface area (Å²) in [5.74, 6) is 0.299. The minimum absolute atomic E-state index is 0.124. The Morgan fingerprint density at radius 1 is 1.20 bits per heavy atom. The van der Waals surface area contributed by atoms with Crippen LogP contribution in [0.5, 0.6) is 0 Å². The summed E-state index contributed by atoms with van der Waals surface area (Å²) in [5.41, 5.74) is 7.60. The molecule has 0 unspecified atom stereocenters. The Bertz CT molecular complexity index is 740. The number of hydrogen-bond acceptors (Lipinski definition) is 4. The highest BCUT2D eigenvalue weighted by Crippen LogP contribution is 2.22. The maximum Gasteiger partial charge on any atom is 0.263 e. The van der Waals surface area contributed by atoms with Crippen LogP contribution in [-0.2, 0) is 10.0 Å². The fourth-order valence-corrected chi connectivity index (χ4v) is 3.43. The molecule has 0 fully saturated rings. The number of hydrogen-bond donors (Lipinski definition) is 2. The summed E-state index contributed by atoms with van der Waals surface area (Å²) in [7, 11) is -3.70. The number of nitrogens with two attached hydrogens (primary N) is 1. The number of aryl methyl sites for hydroxylation is 2. The lowest BCUT2D eigenvalue weighted by Crippen LogP contribution is -2.15. The first kappa shape index (κ1) is 14.8. The van der Waals surface area contributed by atoms with E-state index in [1.807, 2.05) is 0 Å². The van der Waals surface area contributed by atoms with Gasteiger partial charge in [-0.3, -0.25) is 4.72 Å². The number of rotatable bonds is 3. The minimum atomic E-state index is -3.70. The maximum absolute atomic E-state index is 12.3. The predicted molar refractivity (Wildman–Crippen MR) is 83.1 cm³/mol. The first-order valence-electron chi connectivity index (χ1n) is 5.80. The van der Waals surface area contributed by atoms with Gasteiger partial charge in [0.25, 0.3) is 10.0 Å². The average molecular weight is 356 g/mol. The molecule has 5 nitrogen and oxygen atoms in total. The van der Waals surface area contributed by atoms with Gasteiger partial charge < -0.3 is 5.73 Å². The Hall–Kier alpha value is -1.60. The van der Waals surface area contributed by atoms with Crippen molar-refractivity contribution >= 4 is 37.5 Å². The van der Waals surface area contributed by atoms with Crippen LogP contribution in [-0.4, -0.2) is 13.4 Å². The van der Waals surface area contributed by atoms with Crippen LogP contribution in [0.4, 0.5) is 11.5 Å². The first-order valence-corrected chi connectivity index (χ1v) is 8.08. The minimum Gasteiger partial charge on any atom is -0.399 e. The molecule has 106 valence electrons. The van der Waals surface area contributed by atoms with Crippen LogP contribution in [0, 0.1) is 13.8 Å². The quantitative estimate of drug-likeness (QED) is 0.829. The van der Waals surface area contributed by atoms with Crippen molar-refractivity contribution in [2.45, 2.75) is 18.7 Å². The van der Waals surface area contributed by atoms with Crippen molar-refractivity contribution in [3.63, 3.8) is 0 Å². The standard InChI is InChI=1S/C13H14BrN3O2S/c1-8-3-11(15)6-12(4-8)20(18,19)17-13-9(2)5-10(14)7-16-13/h3-7H,15H2,1-2H3,(H,16,17). The van der Waals surface area contributed by atoms with Gasteiger partial charge in [0.05, 0.1) is 4.90 Å². The molecule has 1 aromatic carbocycles. The molecule has 20 heavy (non-hydrogen) atoms. The van der Waals surface area contributed by atoms with Gasteiger partial charge in [0.15, 0.2) is 0 Å². The molecule has 0 radical (unpaired) electrons. The van der Waals surface area contributed by atoms with Gasteiger partial charge in [-0.1, -0.05) is 0 Å². The summed E-state index contributed by atoms with van der Waals surface area (Å²) in [6.07, 6.45) is 1.54. The van der Waals surface area contributed by atoms with Gasteiger partial charge in [0.1, 0.15) is 5.82 Å². The van der Waals surface area contributed by atoms with Crippen molar-refractivity contribution in [3.05, 3.63) is 46.1 Å². The van der Waals surface area contributed by atoms with Gasteiger partial charge in [-0.25, -0.2) is 13.4 Å². The Morgan fingerprint density at radius 2 is 1.90 bits per heavy atom. The number of nitrogens with one attached hydrogen (secondary N) is 1. The SMILES string of the molecule is Cc1cc(N)cc(S(=O)(=O)Nc2ncc(Br)cc2C)c1. The molecule has 0 aliphatic heterocycles. The third-order valence-corrected chi connectivity index (χ3v) is 4.41. The number of anilines is 2. The van der Waals surface area contributed by atoms with E-state index in [0.717, 1.165) is 15.6 Å². The van der Waals surface area contributed by atoms with E-state index in [1.165, 1.54) is 12.3 Å². The first-order chi connectivity index (χ1) is 9.28. The number of benzene rings is 1. The van der Waals surface area contributed by atoms with Crippen molar-refractivity contribution < 1.29 is 8.42 Å². The van der Waals surface area contributed by atoms with Crippen LogP contribution >= 0.6 is 15.9 Å². The highest BCUT2D eigenvalue weighted by atomic mass is 79.9. The van der Waals surface area contributed by atoms with Crippen molar-refractivity contribution in [2.24, 2.45) is 0 Å². The van der Waals surface area contributed by atoms with Crippen LogP contribution in [0.15, 0.2) is 39.8 Å². The molecule has 3 N–H and O–H groups in total. The predicted octanol–water partition coefficient (Wildman–Crippen LogP) is 2.84. The zero-order valence-electron chi connectivity index (χ0n) is 11.0. The second kappa shape index (κ2) is 5.41. The molecular weight excluding hydrogens is 342 g/mol. The molecule has 0 amide bonds. The second-order valence-electron chi connectivity index (χ2n) is 4.50. The maximum atomic E-state index is 12.3. The van der Waals surface area contributed by atoms with Crippen molar-refractivity contribution in [3.8, 4) is 0 Å². The molecule has 0 aliphatic rings. The molecule has 0 saturated carbocycles. The zero-order chi connectivity index (χ0) is 14.9. The van der Waals surface area contributed by atoms with Gasteiger partial charge in [-0.15, -0.1) is 0 Å². The summed E-state index contributed by atoms with van der Waals surface area (Å²) in [4.78, 5) is 4.19. The molecule has 0 aliphatic carbocycles. The highest BCUT2D eigenvalue weighted by Gasteiger charge is 2.17. The van der Waals surface area contributed by atoms with Crippen LogP contribution in [0.2, 0.25) is 0 Å². The number of aromatic nitrogens is 1. The van der Waals surface area contributed by atoms with Crippen LogP contribution in [0.25, 0.3) is 0 Å². The van der Waals surface area contributed by atoms with E-state index in [9.17, 15) is 8.42 Å². The zero-order valence-corrected chi connectivity index (χ0v) is 13.4. The smallest absolute Gasteiger partial charge is 0.263 e. The van der Waals surface area contributed by atoms with Gasteiger partial charge in [-0.2, -0.15) is 0 Å². The Labute approximate surface area is 126 Å². The molecule has 1 aromatic heterocycles. The molecule has 7 heteroatoms. The normalized spacial score (nSPS) is 11.3. The Kier molecular flexibility index (Phi) is 4.01. The number of halogens is 1. The fraction of sp³-hybridized carbons (Fsp3) is 0.154. The van der Waals surface area contributed by atoms with Crippen molar-refractivity contribution in [2.75, 3.05) is 10.5 Å². The summed E-state index contributed by atoms with van der Waals surface area (Å²) < 4.78 is 27.9. The molecule has 0 atom stereocenters. The molecule has 2 rings (SSSR count). The number of nitrogen functional groups attached to an aromatic ring is 1. The van der Waals surface area contributed by atoms with Gasteiger partial charge in [0.2, 0.25) is 0 Å². The summed E-state index contributed by atoms with van der Waals surface area (Å²) in [5, 5.41) is 0. The largest absolute Gasteiger partial charge is 0.399 e. The van der Waals surface area contributed by atoms with Gasteiger partial charge in [0, 0.05) is 16.4 Å². The van der Waals surface area contributed by atoms with E-state index in [2.05, 4.69) is 25.6 Å². The third-order valence-electron chi connectivity index (χ3n) is 2.66. The van der Waals surface area contributed by atoms with E-state index in [0.29, 0.717) is 11.5 Å². The third kappa shape index (κ3) is 3.29. The summed E-state index contributed by atoms with van der Waals surface area (Å²) in [6.45, 7) is 3.57. The highest BCUT2D eigenvalue weighted by molar-refractivity contribution is 9.10. The van der Waals surface area contributed by atoms with Crippen LogP contribution in [0.3, 0.4) is 0 Å². The monoisotopic (exact) mass is 355 g/mol. The van der Waals surface area contributed by atoms with E-state index in [4.69, 9.17) is 5.73 Å². The van der Waals surface area contributed by atoms with Gasteiger partial charge in [-0.05, 0) is 65.2 Å². The molecule has 0 saturated heterocycles. The van der Waals surface area contributed by atoms with E-state index >= 15 is 0 Å². The fourth-order valence-electron chi connectivity index (χ4n) is 1.77. The Balaban J connectivity index is 2.40. The van der Waals surface area contributed by atoms with Crippen LogP contribution in [0.1, 0.15) is 11.1 Å². The van der Waals surface area contributed by atoms with E-state index < -0.39 is 10.0 Å². The molecule has 0 spiro atoms. The van der Waals surface area contributed by atoms with Gasteiger partial charge >= 0.3 is 0 Å². The van der Waals surface area contributed by atoms with Crippen LogP contribution < -0.4 is 10.5 Å². The number of pyridine rings is 1. The summed E-state index contributed by atoms with van der Waals surface area (Å²) in [6, 6.07) is 6.48. The van der Waals surface area contributed by atoms with E-state index in [1.54, 1.807) is 32.0 Å². The topological polar surface area (TPSA) is 85.1 Å². The lowest BCUT2D eigenvalue weighted by Gasteiger charge is -2.11. The number of nitrogens with zero attached hydrogens (tertiary/aromatic N) is 1.